The molecule has 0 unspecified atom stereocenters. The van der Waals surface area contributed by atoms with Crippen LogP contribution in [0.5, 0.6) is 0 Å². The first-order chi connectivity index (χ1) is 15.6. The SMILES string of the molecule is Cc1ccc(COCCN2CCC(=Cc3ccc(C(C)C)c(NS(C)(=O)=O)c3)CC2)c(C)n1. The second-order valence-electron chi connectivity index (χ2n) is 9.27. The van der Waals surface area contributed by atoms with E-state index < -0.39 is 10.0 Å². The summed E-state index contributed by atoms with van der Waals surface area (Å²) < 4.78 is 32.1. The summed E-state index contributed by atoms with van der Waals surface area (Å²) in [4.78, 5) is 6.93. The highest BCUT2D eigenvalue weighted by Crippen LogP contribution is 2.28. The molecule has 1 aliphatic heterocycles. The van der Waals surface area contributed by atoms with Crippen LogP contribution in [-0.2, 0) is 21.4 Å². The van der Waals surface area contributed by atoms with E-state index in [1.54, 1.807) is 0 Å². The Morgan fingerprint density at radius 2 is 1.88 bits per heavy atom. The Balaban J connectivity index is 1.51. The van der Waals surface area contributed by atoms with Gasteiger partial charge in [0.15, 0.2) is 0 Å². The molecule has 1 aromatic carbocycles. The van der Waals surface area contributed by atoms with Gasteiger partial charge in [0.25, 0.3) is 0 Å². The number of pyridine rings is 1. The number of aryl methyl sites for hydroxylation is 2. The molecule has 2 aromatic rings. The van der Waals surface area contributed by atoms with Crippen molar-refractivity contribution in [3.63, 3.8) is 0 Å². The maximum Gasteiger partial charge on any atom is 0.229 e. The molecule has 1 aliphatic rings. The predicted molar refractivity (Wildman–Crippen MR) is 136 cm³/mol. The molecule has 0 bridgehead atoms. The molecule has 0 spiro atoms. The Kier molecular flexibility index (Phi) is 8.68. The zero-order valence-electron chi connectivity index (χ0n) is 20.5. The Bertz CT molecular complexity index is 1080. The number of hydrogen-bond acceptors (Lipinski definition) is 5. The summed E-state index contributed by atoms with van der Waals surface area (Å²) in [5.74, 6) is 0.243. The van der Waals surface area contributed by atoms with Gasteiger partial charge < -0.3 is 9.64 Å². The highest BCUT2D eigenvalue weighted by Gasteiger charge is 2.15. The van der Waals surface area contributed by atoms with Crippen molar-refractivity contribution >= 4 is 21.8 Å². The average Bonchev–Trinajstić information content (AvgIpc) is 2.72. The fourth-order valence-electron chi connectivity index (χ4n) is 4.14. The van der Waals surface area contributed by atoms with Gasteiger partial charge in [0, 0.05) is 31.0 Å². The maximum atomic E-state index is 11.8. The van der Waals surface area contributed by atoms with Gasteiger partial charge in [-0.25, -0.2) is 8.42 Å². The van der Waals surface area contributed by atoms with Gasteiger partial charge in [0.1, 0.15) is 0 Å². The van der Waals surface area contributed by atoms with Crippen molar-refractivity contribution in [1.29, 1.82) is 0 Å². The van der Waals surface area contributed by atoms with Crippen LogP contribution in [0.1, 0.15) is 60.7 Å². The summed E-state index contributed by atoms with van der Waals surface area (Å²) in [7, 11) is -3.32. The lowest BCUT2D eigenvalue weighted by molar-refractivity contribution is 0.0897. The number of rotatable bonds is 9. The molecule has 1 saturated heterocycles. The number of benzene rings is 1. The number of aromatic nitrogens is 1. The first kappa shape index (κ1) is 25.4. The summed E-state index contributed by atoms with van der Waals surface area (Å²) in [6, 6.07) is 10.2. The van der Waals surface area contributed by atoms with Crippen LogP contribution in [0, 0.1) is 13.8 Å². The smallest absolute Gasteiger partial charge is 0.229 e. The van der Waals surface area contributed by atoms with E-state index in [-0.39, 0.29) is 5.92 Å². The van der Waals surface area contributed by atoms with Crippen LogP contribution >= 0.6 is 0 Å². The first-order valence-electron chi connectivity index (χ1n) is 11.6. The molecule has 0 radical (unpaired) electrons. The number of anilines is 1. The lowest BCUT2D eigenvalue weighted by Crippen LogP contribution is -2.33. The van der Waals surface area contributed by atoms with E-state index in [2.05, 4.69) is 46.7 Å². The summed E-state index contributed by atoms with van der Waals surface area (Å²) in [6.45, 7) is 12.4. The van der Waals surface area contributed by atoms with E-state index in [9.17, 15) is 8.42 Å². The third-order valence-electron chi connectivity index (χ3n) is 6.01. The Hall–Kier alpha value is -2.22. The van der Waals surface area contributed by atoms with Crippen molar-refractivity contribution in [1.82, 2.24) is 9.88 Å². The lowest BCUT2D eigenvalue weighted by atomic mass is 9.97. The number of hydrogen-bond donors (Lipinski definition) is 1. The van der Waals surface area contributed by atoms with Gasteiger partial charge in [-0.1, -0.05) is 43.7 Å². The quantitative estimate of drug-likeness (QED) is 0.527. The third-order valence-corrected chi connectivity index (χ3v) is 6.60. The van der Waals surface area contributed by atoms with Gasteiger partial charge in [0.2, 0.25) is 10.0 Å². The molecule has 1 aromatic heterocycles. The zero-order chi connectivity index (χ0) is 24.0. The average molecular weight is 472 g/mol. The molecular formula is C26H37N3O3S. The van der Waals surface area contributed by atoms with E-state index >= 15 is 0 Å². The van der Waals surface area contributed by atoms with E-state index in [0.717, 1.165) is 60.6 Å². The predicted octanol–water partition coefficient (Wildman–Crippen LogP) is 4.89. The highest BCUT2D eigenvalue weighted by molar-refractivity contribution is 7.92. The molecule has 0 aliphatic carbocycles. The van der Waals surface area contributed by atoms with Crippen LogP contribution in [0.3, 0.4) is 0 Å². The molecule has 3 rings (SSSR count). The molecule has 6 nitrogen and oxygen atoms in total. The van der Waals surface area contributed by atoms with Crippen LogP contribution in [0.2, 0.25) is 0 Å². The second kappa shape index (κ2) is 11.3. The van der Waals surface area contributed by atoms with E-state index in [4.69, 9.17) is 4.74 Å². The van der Waals surface area contributed by atoms with Gasteiger partial charge in [-0.2, -0.15) is 0 Å². The van der Waals surface area contributed by atoms with Gasteiger partial charge in [-0.3, -0.25) is 9.71 Å². The van der Waals surface area contributed by atoms with Crippen LogP contribution in [0.25, 0.3) is 6.08 Å². The minimum atomic E-state index is -3.32. The molecule has 2 heterocycles. The molecule has 0 saturated carbocycles. The van der Waals surface area contributed by atoms with Gasteiger partial charge in [-0.15, -0.1) is 0 Å². The molecule has 180 valence electrons. The van der Waals surface area contributed by atoms with Crippen LogP contribution < -0.4 is 4.72 Å². The van der Waals surface area contributed by atoms with Gasteiger partial charge in [0.05, 0.1) is 25.2 Å². The summed E-state index contributed by atoms with van der Waals surface area (Å²) >= 11 is 0. The molecule has 0 atom stereocenters. The molecule has 33 heavy (non-hydrogen) atoms. The number of ether oxygens (including phenoxy) is 1. The summed E-state index contributed by atoms with van der Waals surface area (Å²) in [5.41, 5.74) is 7.35. The standard InChI is InChI=1S/C26H37N3O3S/c1-19(2)25-9-7-23(17-26(25)28-33(5,30)31)16-22-10-12-29(13-11-22)14-15-32-18-24-8-6-20(3)27-21(24)4/h6-9,16-17,19,28H,10-15,18H2,1-5H3. The number of sulfonamides is 1. The molecule has 1 fully saturated rings. The van der Waals surface area contributed by atoms with Gasteiger partial charge >= 0.3 is 0 Å². The zero-order valence-corrected chi connectivity index (χ0v) is 21.3. The molecule has 7 heteroatoms. The Labute approximate surface area is 199 Å². The van der Waals surface area contributed by atoms with E-state index in [1.165, 1.54) is 11.8 Å². The Morgan fingerprint density at radius 1 is 1.15 bits per heavy atom. The van der Waals surface area contributed by atoms with Crippen molar-refractivity contribution in [2.75, 3.05) is 37.2 Å². The second-order valence-corrected chi connectivity index (χ2v) is 11.0. The normalized spacial score (nSPS) is 15.2. The molecule has 0 amide bonds. The lowest BCUT2D eigenvalue weighted by Gasteiger charge is -2.28. The number of nitrogens with zero attached hydrogens (tertiary/aromatic N) is 2. The number of piperidine rings is 1. The van der Waals surface area contributed by atoms with Crippen LogP contribution in [-0.4, -0.2) is 50.8 Å². The minimum Gasteiger partial charge on any atom is -0.375 e. The van der Waals surface area contributed by atoms with Crippen molar-refractivity contribution in [2.24, 2.45) is 0 Å². The van der Waals surface area contributed by atoms with Crippen molar-refractivity contribution in [3.05, 3.63) is 64.0 Å². The van der Waals surface area contributed by atoms with Crippen LogP contribution in [0.15, 0.2) is 35.9 Å². The number of nitrogens with one attached hydrogen (secondary N) is 1. The monoisotopic (exact) mass is 471 g/mol. The molecular weight excluding hydrogens is 434 g/mol. The fraction of sp³-hybridized carbons (Fsp3) is 0.500. The maximum absolute atomic E-state index is 11.8. The van der Waals surface area contributed by atoms with Gasteiger partial charge in [-0.05, 0) is 61.4 Å². The molecule has 1 N–H and O–H groups in total. The fourth-order valence-corrected chi connectivity index (χ4v) is 4.72. The minimum absolute atomic E-state index is 0.243. The number of likely N-dealkylation sites (tertiary alicyclic amines) is 1. The van der Waals surface area contributed by atoms with E-state index in [0.29, 0.717) is 18.9 Å². The van der Waals surface area contributed by atoms with Crippen molar-refractivity contribution < 1.29 is 13.2 Å². The van der Waals surface area contributed by atoms with Crippen molar-refractivity contribution in [3.8, 4) is 0 Å². The van der Waals surface area contributed by atoms with E-state index in [1.807, 2.05) is 32.0 Å². The Morgan fingerprint density at radius 3 is 2.52 bits per heavy atom. The first-order valence-corrected chi connectivity index (χ1v) is 13.5. The largest absolute Gasteiger partial charge is 0.375 e. The summed E-state index contributed by atoms with van der Waals surface area (Å²) in [6.07, 6.45) is 5.43. The van der Waals surface area contributed by atoms with Crippen molar-refractivity contribution in [2.45, 2.75) is 53.1 Å². The highest BCUT2D eigenvalue weighted by atomic mass is 32.2. The topological polar surface area (TPSA) is 71.5 Å². The van der Waals surface area contributed by atoms with Crippen LogP contribution in [0.4, 0.5) is 5.69 Å². The summed E-state index contributed by atoms with van der Waals surface area (Å²) in [5, 5.41) is 0. The third kappa shape index (κ3) is 7.95.